The van der Waals surface area contributed by atoms with Crippen molar-refractivity contribution in [3.05, 3.63) is 112 Å². The fourth-order valence-electron chi connectivity index (χ4n) is 4.55. The van der Waals surface area contributed by atoms with Gasteiger partial charge in [-0.05, 0) is 48.2 Å². The molecule has 41 heavy (non-hydrogen) atoms. The molecule has 2 aromatic carbocycles. The van der Waals surface area contributed by atoms with Gasteiger partial charge in [0.25, 0.3) is 11.5 Å². The summed E-state index contributed by atoms with van der Waals surface area (Å²) in [6.07, 6.45) is 5.47. The first-order chi connectivity index (χ1) is 19.5. The molecule has 5 rings (SSSR count). The van der Waals surface area contributed by atoms with E-state index in [9.17, 15) is 18.0 Å². The Morgan fingerprint density at radius 1 is 1.07 bits per heavy atom. The monoisotopic (exact) mass is 588 g/mol. The van der Waals surface area contributed by atoms with Gasteiger partial charge in [-0.25, -0.2) is 18.4 Å². The number of rotatable bonds is 7. The van der Waals surface area contributed by atoms with Crippen molar-refractivity contribution in [3.8, 4) is 16.9 Å². The van der Waals surface area contributed by atoms with Gasteiger partial charge in [0.2, 0.25) is 0 Å². The van der Waals surface area contributed by atoms with Gasteiger partial charge in [0.05, 0.1) is 34.1 Å². The van der Waals surface area contributed by atoms with E-state index in [4.69, 9.17) is 17.3 Å². The fourth-order valence-corrected chi connectivity index (χ4v) is 5.58. The normalized spacial score (nSPS) is 12.3. The van der Waals surface area contributed by atoms with Crippen molar-refractivity contribution in [1.82, 2.24) is 24.8 Å². The molecule has 208 valence electrons. The van der Waals surface area contributed by atoms with Crippen LogP contribution in [0.2, 0.25) is 5.02 Å². The number of benzene rings is 2. The number of nitrogens with zero attached hydrogens (tertiary/aromatic N) is 4. The molecule has 0 aliphatic rings. The average Bonchev–Trinajstić information content (AvgIpc) is 2.92. The lowest BCUT2D eigenvalue weighted by Gasteiger charge is -2.21. The van der Waals surface area contributed by atoms with E-state index in [-0.39, 0.29) is 22.8 Å². The van der Waals surface area contributed by atoms with Gasteiger partial charge in [-0.3, -0.25) is 19.1 Å². The van der Waals surface area contributed by atoms with Crippen molar-refractivity contribution in [2.24, 2.45) is 0 Å². The van der Waals surface area contributed by atoms with Crippen molar-refractivity contribution < 1.29 is 13.2 Å². The molecule has 0 aliphatic carbocycles. The second-order valence-electron chi connectivity index (χ2n) is 9.59. The molecular weight excluding hydrogens is 564 g/mol. The molecule has 0 saturated heterocycles. The molecule has 1 atom stereocenters. The quantitative estimate of drug-likeness (QED) is 0.288. The van der Waals surface area contributed by atoms with Crippen LogP contribution in [-0.2, 0) is 15.6 Å². The zero-order chi connectivity index (χ0) is 29.3. The third-order valence-corrected chi connectivity index (χ3v) is 7.54. The Morgan fingerprint density at radius 3 is 2.56 bits per heavy atom. The molecule has 0 fully saturated rings. The van der Waals surface area contributed by atoms with Crippen molar-refractivity contribution in [1.29, 1.82) is 0 Å². The first kappa shape index (κ1) is 27.9. The molecule has 0 spiro atoms. The van der Waals surface area contributed by atoms with E-state index in [0.717, 1.165) is 6.26 Å². The Bertz CT molecular complexity index is 1960. The summed E-state index contributed by atoms with van der Waals surface area (Å²) in [5.74, 6) is -0.895. The van der Waals surface area contributed by atoms with Gasteiger partial charge in [0, 0.05) is 35.6 Å². The molecule has 0 aliphatic heterocycles. The van der Waals surface area contributed by atoms with Gasteiger partial charge in [0.1, 0.15) is 0 Å². The van der Waals surface area contributed by atoms with Gasteiger partial charge in [-0.2, -0.15) is 0 Å². The van der Waals surface area contributed by atoms with Crippen LogP contribution in [0.25, 0.3) is 27.7 Å². The first-order valence-electron chi connectivity index (χ1n) is 12.5. The summed E-state index contributed by atoms with van der Waals surface area (Å²) >= 11 is 6.40. The van der Waals surface area contributed by atoms with E-state index < -0.39 is 21.8 Å². The van der Waals surface area contributed by atoms with E-state index in [2.05, 4.69) is 20.3 Å². The Kier molecular flexibility index (Phi) is 7.57. The molecule has 3 heterocycles. The standard InChI is InChI=1S/C29H25ClN6O4S/c1-17(24-12-19-7-6-10-22(30)25(19)29(38)36(24)21-8-4-3-5-9-21)34-28(37)26-27(31)33-15-23(35-26)20-11-18(13-32-14-20)16-41(2,39)40/h3-15,17H,16H2,1-2H3,(H2,31,33)(H,34,37)/t17-/m0/s1. The van der Waals surface area contributed by atoms with Crippen LogP contribution in [-0.4, -0.2) is 40.1 Å². The van der Waals surface area contributed by atoms with Gasteiger partial charge in [-0.1, -0.05) is 41.9 Å². The number of pyridine rings is 2. The minimum Gasteiger partial charge on any atom is -0.382 e. The summed E-state index contributed by atoms with van der Waals surface area (Å²) in [6, 6.07) is 17.0. The highest BCUT2D eigenvalue weighted by molar-refractivity contribution is 7.89. The van der Waals surface area contributed by atoms with Crippen LogP contribution in [0.1, 0.15) is 34.7 Å². The number of aromatic nitrogens is 4. The van der Waals surface area contributed by atoms with Crippen LogP contribution in [0.4, 0.5) is 5.82 Å². The minimum atomic E-state index is -3.28. The largest absolute Gasteiger partial charge is 0.382 e. The summed E-state index contributed by atoms with van der Waals surface area (Å²) in [5, 5.41) is 4.21. The van der Waals surface area contributed by atoms with E-state index in [1.165, 1.54) is 23.2 Å². The Hall–Kier alpha value is -4.61. The van der Waals surface area contributed by atoms with E-state index in [1.54, 1.807) is 43.3 Å². The number of hydrogen-bond acceptors (Lipinski definition) is 8. The van der Waals surface area contributed by atoms with E-state index >= 15 is 0 Å². The number of nitrogens with one attached hydrogen (secondary N) is 1. The number of halogens is 1. The van der Waals surface area contributed by atoms with Crippen LogP contribution < -0.4 is 16.6 Å². The number of amides is 1. The zero-order valence-electron chi connectivity index (χ0n) is 22.1. The lowest BCUT2D eigenvalue weighted by molar-refractivity contribution is 0.0934. The van der Waals surface area contributed by atoms with Gasteiger partial charge >= 0.3 is 0 Å². The van der Waals surface area contributed by atoms with Gasteiger partial charge < -0.3 is 11.1 Å². The lowest BCUT2D eigenvalue weighted by Crippen LogP contribution is -2.33. The Labute approximate surface area is 240 Å². The SMILES string of the molecule is C[C@H](NC(=O)c1nc(-c2cncc(CS(C)(=O)=O)c2)cnc1N)c1cc2cccc(Cl)c2c(=O)n1-c1ccccc1. The molecule has 0 saturated carbocycles. The second-order valence-corrected chi connectivity index (χ2v) is 12.1. The predicted octanol–water partition coefficient (Wildman–Crippen LogP) is 4.11. The summed E-state index contributed by atoms with van der Waals surface area (Å²) in [6.45, 7) is 1.74. The van der Waals surface area contributed by atoms with Crippen LogP contribution >= 0.6 is 11.6 Å². The smallest absolute Gasteiger partial charge is 0.274 e. The number of hydrogen-bond donors (Lipinski definition) is 2. The summed E-state index contributed by atoms with van der Waals surface area (Å²) < 4.78 is 25.0. The minimum absolute atomic E-state index is 0.0931. The van der Waals surface area contributed by atoms with E-state index in [0.29, 0.717) is 44.0 Å². The molecule has 1 amide bonds. The number of sulfone groups is 1. The number of carbonyl (C=O) groups excluding carboxylic acids is 1. The second kappa shape index (κ2) is 11.1. The van der Waals surface area contributed by atoms with Crippen molar-refractivity contribution in [3.63, 3.8) is 0 Å². The molecule has 0 unspecified atom stereocenters. The maximum atomic E-state index is 13.7. The van der Waals surface area contributed by atoms with Crippen LogP contribution in [0.15, 0.2) is 84.0 Å². The lowest BCUT2D eigenvalue weighted by atomic mass is 10.1. The van der Waals surface area contributed by atoms with E-state index in [1.807, 2.05) is 24.3 Å². The highest BCUT2D eigenvalue weighted by atomic mass is 35.5. The number of carbonyl (C=O) groups is 1. The molecule has 5 aromatic rings. The predicted molar refractivity (Wildman–Crippen MR) is 159 cm³/mol. The summed E-state index contributed by atoms with van der Waals surface area (Å²) in [7, 11) is -3.28. The molecule has 0 radical (unpaired) electrons. The number of fused-ring (bicyclic) bond motifs is 1. The third-order valence-electron chi connectivity index (χ3n) is 6.37. The third kappa shape index (κ3) is 5.96. The van der Waals surface area contributed by atoms with Crippen LogP contribution in [0, 0.1) is 0 Å². The Balaban J connectivity index is 1.52. The van der Waals surface area contributed by atoms with Crippen molar-refractivity contribution in [2.75, 3.05) is 12.0 Å². The molecule has 0 bridgehead atoms. The highest BCUT2D eigenvalue weighted by Gasteiger charge is 2.22. The molecule has 10 nitrogen and oxygen atoms in total. The number of nitrogens with two attached hydrogens (primary N) is 1. The van der Waals surface area contributed by atoms with Crippen LogP contribution in [0.3, 0.4) is 0 Å². The summed E-state index contributed by atoms with van der Waals surface area (Å²) in [5.41, 5.74) is 7.96. The fraction of sp³-hybridized carbons (Fsp3) is 0.138. The van der Waals surface area contributed by atoms with Gasteiger partial charge in [0.15, 0.2) is 21.3 Å². The highest BCUT2D eigenvalue weighted by Crippen LogP contribution is 2.26. The molecular formula is C29H25ClN6O4S. The maximum Gasteiger partial charge on any atom is 0.274 e. The first-order valence-corrected chi connectivity index (χ1v) is 14.9. The molecule has 3 aromatic heterocycles. The number of anilines is 1. The topological polar surface area (TPSA) is 150 Å². The van der Waals surface area contributed by atoms with Crippen LogP contribution in [0.5, 0.6) is 0 Å². The molecule has 12 heteroatoms. The summed E-state index contributed by atoms with van der Waals surface area (Å²) in [4.78, 5) is 39.8. The van der Waals surface area contributed by atoms with Crippen molar-refractivity contribution in [2.45, 2.75) is 18.7 Å². The van der Waals surface area contributed by atoms with Crippen molar-refractivity contribution >= 4 is 43.9 Å². The van der Waals surface area contributed by atoms with Gasteiger partial charge in [-0.15, -0.1) is 0 Å². The Morgan fingerprint density at radius 2 is 1.83 bits per heavy atom. The average molecular weight is 589 g/mol. The number of nitrogen functional groups attached to an aromatic ring is 1. The number of para-hydroxylation sites is 1. The molecule has 3 N–H and O–H groups in total. The maximum absolute atomic E-state index is 13.7. The zero-order valence-corrected chi connectivity index (χ0v) is 23.6.